The first-order valence-corrected chi connectivity index (χ1v) is 11.8. The van der Waals surface area contributed by atoms with E-state index in [0.717, 1.165) is 53.8 Å². The molecule has 1 unspecified atom stereocenters. The Morgan fingerprint density at radius 1 is 1.16 bits per heavy atom. The van der Waals surface area contributed by atoms with Crippen LogP contribution in [0.25, 0.3) is 11.0 Å². The summed E-state index contributed by atoms with van der Waals surface area (Å²) in [4.78, 5) is 6.23. The first-order chi connectivity index (χ1) is 14.7. The maximum atomic E-state index is 5.81. The van der Waals surface area contributed by atoms with E-state index < -0.39 is 0 Å². The van der Waals surface area contributed by atoms with Crippen molar-refractivity contribution in [2.24, 2.45) is 5.92 Å². The van der Waals surface area contributed by atoms with Gasteiger partial charge in [-0.2, -0.15) is 0 Å². The predicted octanol–water partition coefficient (Wildman–Crippen LogP) is 6.12. The highest BCUT2D eigenvalue weighted by Crippen LogP contribution is 2.33. The number of hydrogen-bond acceptors (Lipinski definition) is 5. The molecule has 1 atom stereocenters. The summed E-state index contributed by atoms with van der Waals surface area (Å²) in [6.07, 6.45) is 1.05. The van der Waals surface area contributed by atoms with Crippen LogP contribution in [0.5, 0.6) is 0 Å². The summed E-state index contributed by atoms with van der Waals surface area (Å²) in [6, 6.07) is 14.5. The van der Waals surface area contributed by atoms with E-state index in [1.54, 1.807) is 11.9 Å². The number of imidazole rings is 1. The standard InChI is InChI=1S/C25H36N4OS/c1-7-30-15-14-18(2)17-29-23-13-10-20(16-22(23)27-24(29)25(3,4)5)28(6)31-21-11-8-19(26)9-12-21/h8-13,16,18H,7,14-15,17,26H2,1-6H3. The summed E-state index contributed by atoms with van der Waals surface area (Å²) < 4.78 is 10.1. The van der Waals surface area contributed by atoms with Gasteiger partial charge in [0.25, 0.3) is 0 Å². The van der Waals surface area contributed by atoms with Crippen molar-refractivity contribution in [2.45, 2.75) is 57.9 Å². The molecule has 1 heterocycles. The van der Waals surface area contributed by atoms with Crippen molar-refractivity contribution in [3.63, 3.8) is 0 Å². The Hall–Kier alpha value is -2.18. The fourth-order valence-electron chi connectivity index (χ4n) is 3.64. The molecule has 0 fully saturated rings. The average Bonchev–Trinajstić information content (AvgIpc) is 3.08. The van der Waals surface area contributed by atoms with E-state index in [1.807, 2.05) is 31.2 Å². The Kier molecular flexibility index (Phi) is 7.55. The molecule has 6 heteroatoms. The minimum absolute atomic E-state index is 0.0244. The van der Waals surface area contributed by atoms with Gasteiger partial charge in [0, 0.05) is 48.5 Å². The Labute approximate surface area is 191 Å². The van der Waals surface area contributed by atoms with Crippen LogP contribution in [0.15, 0.2) is 47.4 Å². The minimum Gasteiger partial charge on any atom is -0.399 e. The number of ether oxygens (including phenoxy) is 1. The summed E-state index contributed by atoms with van der Waals surface area (Å²) in [5.41, 5.74) is 9.94. The Bertz CT molecular complexity index is 991. The molecule has 1 aromatic heterocycles. The second-order valence-corrected chi connectivity index (χ2v) is 10.4. The molecular formula is C25H36N4OS. The SMILES string of the molecule is CCOCCC(C)Cn1c(C(C)(C)C)nc2cc(N(C)Sc3ccc(N)cc3)ccc21. The minimum atomic E-state index is -0.0244. The molecule has 0 spiro atoms. The fourth-order valence-corrected chi connectivity index (χ4v) is 4.44. The number of hydrogen-bond donors (Lipinski definition) is 1. The number of nitrogens with two attached hydrogens (primary N) is 1. The zero-order valence-corrected chi connectivity index (χ0v) is 20.5. The lowest BCUT2D eigenvalue weighted by molar-refractivity contribution is 0.131. The highest BCUT2D eigenvalue weighted by atomic mass is 32.2. The first kappa shape index (κ1) is 23.5. The molecule has 0 bridgehead atoms. The van der Waals surface area contributed by atoms with Gasteiger partial charge >= 0.3 is 0 Å². The molecule has 3 rings (SSSR count). The van der Waals surface area contributed by atoms with Crippen molar-refractivity contribution in [1.29, 1.82) is 0 Å². The number of nitrogens with zero attached hydrogens (tertiary/aromatic N) is 3. The number of fused-ring (bicyclic) bond motifs is 1. The Balaban J connectivity index is 1.87. The number of aromatic nitrogens is 2. The summed E-state index contributed by atoms with van der Waals surface area (Å²) in [6.45, 7) is 13.6. The van der Waals surface area contributed by atoms with Gasteiger partial charge in [0.15, 0.2) is 0 Å². The van der Waals surface area contributed by atoms with Crippen molar-refractivity contribution in [2.75, 3.05) is 30.3 Å². The van der Waals surface area contributed by atoms with E-state index in [4.69, 9.17) is 15.5 Å². The lowest BCUT2D eigenvalue weighted by Gasteiger charge is -2.22. The van der Waals surface area contributed by atoms with Gasteiger partial charge in [0.2, 0.25) is 0 Å². The number of rotatable bonds is 9. The molecule has 31 heavy (non-hydrogen) atoms. The molecule has 0 amide bonds. The van der Waals surface area contributed by atoms with Crippen LogP contribution in [-0.4, -0.2) is 29.8 Å². The fraction of sp³-hybridized carbons (Fsp3) is 0.480. The predicted molar refractivity (Wildman–Crippen MR) is 134 cm³/mol. The van der Waals surface area contributed by atoms with Crippen LogP contribution in [0.3, 0.4) is 0 Å². The van der Waals surface area contributed by atoms with Crippen molar-refractivity contribution < 1.29 is 4.74 Å². The monoisotopic (exact) mass is 440 g/mol. The molecule has 0 aliphatic heterocycles. The topological polar surface area (TPSA) is 56.3 Å². The van der Waals surface area contributed by atoms with Crippen LogP contribution < -0.4 is 10.0 Å². The van der Waals surface area contributed by atoms with E-state index >= 15 is 0 Å². The maximum absolute atomic E-state index is 5.81. The average molecular weight is 441 g/mol. The largest absolute Gasteiger partial charge is 0.399 e. The van der Waals surface area contributed by atoms with E-state index in [1.165, 1.54) is 5.52 Å². The number of benzene rings is 2. The summed E-state index contributed by atoms with van der Waals surface area (Å²) in [5, 5.41) is 0. The van der Waals surface area contributed by atoms with E-state index in [2.05, 4.69) is 61.8 Å². The molecule has 3 aromatic rings. The third-order valence-corrected chi connectivity index (χ3v) is 6.31. The lowest BCUT2D eigenvalue weighted by atomic mass is 9.95. The second kappa shape index (κ2) is 9.96. The van der Waals surface area contributed by atoms with Crippen molar-refractivity contribution in [3.05, 3.63) is 48.3 Å². The van der Waals surface area contributed by atoms with Crippen molar-refractivity contribution in [3.8, 4) is 0 Å². The van der Waals surface area contributed by atoms with Gasteiger partial charge in [-0.1, -0.05) is 27.7 Å². The molecule has 0 radical (unpaired) electrons. The third kappa shape index (κ3) is 5.95. The van der Waals surface area contributed by atoms with Gasteiger partial charge in [-0.05, 0) is 73.7 Å². The van der Waals surface area contributed by atoms with Crippen LogP contribution in [0.1, 0.15) is 46.9 Å². The first-order valence-electron chi connectivity index (χ1n) is 11.0. The molecule has 0 saturated heterocycles. The highest BCUT2D eigenvalue weighted by molar-refractivity contribution is 8.00. The van der Waals surface area contributed by atoms with Gasteiger partial charge in [-0.3, -0.25) is 0 Å². The summed E-state index contributed by atoms with van der Waals surface area (Å²) in [7, 11) is 2.08. The van der Waals surface area contributed by atoms with Crippen LogP contribution in [-0.2, 0) is 16.7 Å². The molecule has 168 valence electrons. The van der Waals surface area contributed by atoms with Gasteiger partial charge in [0.05, 0.1) is 11.0 Å². The molecular weight excluding hydrogens is 404 g/mol. The summed E-state index contributed by atoms with van der Waals surface area (Å²) >= 11 is 1.68. The van der Waals surface area contributed by atoms with Crippen LogP contribution >= 0.6 is 11.9 Å². The maximum Gasteiger partial charge on any atom is 0.115 e. The molecule has 5 nitrogen and oxygen atoms in total. The third-order valence-electron chi connectivity index (χ3n) is 5.34. The quantitative estimate of drug-likeness (QED) is 0.247. The smallest absolute Gasteiger partial charge is 0.115 e. The normalized spacial score (nSPS) is 13.0. The van der Waals surface area contributed by atoms with Gasteiger partial charge in [0.1, 0.15) is 5.82 Å². The zero-order valence-electron chi connectivity index (χ0n) is 19.7. The van der Waals surface area contributed by atoms with Crippen LogP contribution in [0.2, 0.25) is 0 Å². The summed E-state index contributed by atoms with van der Waals surface area (Å²) in [5.74, 6) is 1.66. The Morgan fingerprint density at radius 2 is 1.87 bits per heavy atom. The second-order valence-electron chi connectivity index (χ2n) is 9.22. The van der Waals surface area contributed by atoms with Crippen LogP contribution in [0, 0.1) is 5.92 Å². The number of anilines is 2. The Morgan fingerprint density at radius 3 is 2.52 bits per heavy atom. The zero-order chi connectivity index (χ0) is 22.6. The molecule has 0 aliphatic carbocycles. The molecule has 2 aromatic carbocycles. The van der Waals surface area contributed by atoms with Crippen molar-refractivity contribution >= 4 is 34.4 Å². The van der Waals surface area contributed by atoms with E-state index in [9.17, 15) is 0 Å². The lowest BCUT2D eigenvalue weighted by Crippen LogP contribution is -2.21. The number of nitrogen functional groups attached to an aromatic ring is 1. The molecule has 0 saturated carbocycles. The van der Waals surface area contributed by atoms with Gasteiger partial charge < -0.3 is 19.3 Å². The highest BCUT2D eigenvalue weighted by Gasteiger charge is 2.24. The van der Waals surface area contributed by atoms with Crippen molar-refractivity contribution in [1.82, 2.24) is 9.55 Å². The van der Waals surface area contributed by atoms with Gasteiger partial charge in [-0.25, -0.2) is 4.98 Å². The van der Waals surface area contributed by atoms with Gasteiger partial charge in [-0.15, -0.1) is 0 Å². The van der Waals surface area contributed by atoms with Crippen LogP contribution in [0.4, 0.5) is 11.4 Å². The van der Waals surface area contributed by atoms with E-state index in [-0.39, 0.29) is 5.41 Å². The van der Waals surface area contributed by atoms with E-state index in [0.29, 0.717) is 5.92 Å². The molecule has 2 N–H and O–H groups in total. The molecule has 0 aliphatic rings.